The van der Waals surface area contributed by atoms with Gasteiger partial charge in [-0.3, -0.25) is 9.78 Å². The second-order valence-electron chi connectivity index (χ2n) is 6.74. The van der Waals surface area contributed by atoms with E-state index < -0.39 is 6.36 Å². The molecule has 1 aromatic heterocycles. The van der Waals surface area contributed by atoms with E-state index in [0.717, 1.165) is 23.2 Å². The lowest BCUT2D eigenvalue weighted by Crippen LogP contribution is -2.37. The molecule has 2 heterocycles. The molecule has 0 saturated heterocycles. The van der Waals surface area contributed by atoms with Crippen molar-refractivity contribution in [2.75, 3.05) is 6.54 Å². The fourth-order valence-electron chi connectivity index (χ4n) is 3.39. The summed E-state index contributed by atoms with van der Waals surface area (Å²) in [6.07, 6.45) is -2.29. The molecule has 29 heavy (non-hydrogen) atoms. The zero-order valence-corrected chi connectivity index (χ0v) is 15.3. The van der Waals surface area contributed by atoms with E-state index in [1.54, 1.807) is 29.3 Å². The van der Waals surface area contributed by atoms with Gasteiger partial charge in [0, 0.05) is 18.3 Å². The van der Waals surface area contributed by atoms with Crippen molar-refractivity contribution in [3.63, 3.8) is 0 Å². The number of carbonyl (C=O) groups excluding carboxylic acids is 1. The second-order valence-corrected chi connectivity index (χ2v) is 6.74. The summed E-state index contributed by atoms with van der Waals surface area (Å²) in [6, 6.07) is 16.8. The minimum absolute atomic E-state index is 0.0734. The third kappa shape index (κ3) is 4.39. The minimum atomic E-state index is -4.73. The van der Waals surface area contributed by atoms with Gasteiger partial charge in [-0.05, 0) is 53.4 Å². The van der Waals surface area contributed by atoms with E-state index in [2.05, 4.69) is 9.72 Å². The molecule has 0 saturated carbocycles. The highest BCUT2D eigenvalue weighted by Crippen LogP contribution is 2.29. The summed E-state index contributed by atoms with van der Waals surface area (Å²) < 4.78 is 40.9. The van der Waals surface area contributed by atoms with Crippen LogP contribution in [-0.2, 0) is 13.0 Å². The van der Waals surface area contributed by atoms with E-state index in [0.29, 0.717) is 24.2 Å². The Morgan fingerprint density at radius 1 is 1.00 bits per heavy atom. The zero-order chi connectivity index (χ0) is 20.4. The fraction of sp³-hybridized carbons (Fsp3) is 0.182. The number of rotatable bonds is 4. The summed E-state index contributed by atoms with van der Waals surface area (Å²) in [5.74, 6) is -0.354. The van der Waals surface area contributed by atoms with Crippen LogP contribution in [0.1, 0.15) is 21.6 Å². The number of alkyl halides is 3. The molecule has 1 aliphatic rings. The predicted octanol–water partition coefficient (Wildman–Crippen LogP) is 4.85. The number of hydrogen-bond donors (Lipinski definition) is 0. The van der Waals surface area contributed by atoms with E-state index in [9.17, 15) is 18.0 Å². The summed E-state index contributed by atoms with van der Waals surface area (Å²) in [5, 5.41) is 0. The molecule has 7 heteroatoms. The molecule has 0 fully saturated rings. The van der Waals surface area contributed by atoms with E-state index in [1.165, 1.54) is 12.1 Å². The van der Waals surface area contributed by atoms with Crippen molar-refractivity contribution >= 4 is 5.91 Å². The Kier molecular flexibility index (Phi) is 4.96. The molecular weight excluding hydrogens is 381 g/mol. The van der Waals surface area contributed by atoms with Crippen LogP contribution in [0, 0.1) is 0 Å². The van der Waals surface area contributed by atoms with Crippen LogP contribution in [0.3, 0.4) is 0 Å². The van der Waals surface area contributed by atoms with Gasteiger partial charge >= 0.3 is 6.36 Å². The maximum absolute atomic E-state index is 13.0. The molecule has 1 amide bonds. The molecule has 4 rings (SSSR count). The maximum Gasteiger partial charge on any atom is 0.573 e. The molecule has 2 aromatic carbocycles. The lowest BCUT2D eigenvalue weighted by molar-refractivity contribution is -0.274. The molecule has 0 spiro atoms. The Morgan fingerprint density at radius 2 is 1.76 bits per heavy atom. The molecule has 3 aromatic rings. The van der Waals surface area contributed by atoms with Crippen LogP contribution in [0.15, 0.2) is 66.9 Å². The highest BCUT2D eigenvalue weighted by atomic mass is 19.4. The average molecular weight is 398 g/mol. The van der Waals surface area contributed by atoms with E-state index in [-0.39, 0.29) is 11.7 Å². The zero-order valence-electron chi connectivity index (χ0n) is 15.3. The quantitative estimate of drug-likeness (QED) is 0.631. The predicted molar refractivity (Wildman–Crippen MR) is 101 cm³/mol. The van der Waals surface area contributed by atoms with Crippen molar-refractivity contribution in [3.05, 3.63) is 83.7 Å². The largest absolute Gasteiger partial charge is 0.573 e. The van der Waals surface area contributed by atoms with Gasteiger partial charge in [-0.2, -0.15) is 0 Å². The number of benzene rings is 2. The number of amides is 1. The molecule has 0 atom stereocenters. The van der Waals surface area contributed by atoms with Crippen LogP contribution >= 0.6 is 0 Å². The summed E-state index contributed by atoms with van der Waals surface area (Å²) in [6.45, 7) is 1.05. The SMILES string of the molecule is O=C1c2cc(-c3ccc(OC(F)(F)F)cc3)ccc2CCN1Cc1ccccn1. The first-order chi connectivity index (χ1) is 13.9. The first-order valence-electron chi connectivity index (χ1n) is 9.07. The molecule has 0 aliphatic carbocycles. The van der Waals surface area contributed by atoms with Crippen LogP contribution in [0.5, 0.6) is 5.75 Å². The Bertz CT molecular complexity index is 1020. The second kappa shape index (κ2) is 7.58. The van der Waals surface area contributed by atoms with Crippen molar-refractivity contribution in [1.82, 2.24) is 9.88 Å². The number of hydrogen-bond acceptors (Lipinski definition) is 3. The summed E-state index contributed by atoms with van der Waals surface area (Å²) in [7, 11) is 0. The highest BCUT2D eigenvalue weighted by Gasteiger charge is 2.31. The Morgan fingerprint density at radius 3 is 2.45 bits per heavy atom. The molecule has 1 aliphatic heterocycles. The standard InChI is InChI=1S/C22H17F3N2O2/c23-22(24,25)29-19-8-6-15(7-9-19)17-5-4-16-10-12-27(21(28)20(16)13-17)14-18-3-1-2-11-26-18/h1-9,11,13H,10,12,14H2. The topological polar surface area (TPSA) is 42.4 Å². The maximum atomic E-state index is 13.0. The monoisotopic (exact) mass is 398 g/mol. The lowest BCUT2D eigenvalue weighted by Gasteiger charge is -2.28. The van der Waals surface area contributed by atoms with Crippen molar-refractivity contribution in [2.24, 2.45) is 0 Å². The number of halogens is 3. The summed E-state index contributed by atoms with van der Waals surface area (Å²) in [4.78, 5) is 19.0. The third-order valence-electron chi connectivity index (χ3n) is 4.78. The number of fused-ring (bicyclic) bond motifs is 1. The lowest BCUT2D eigenvalue weighted by atomic mass is 9.94. The van der Waals surface area contributed by atoms with Gasteiger partial charge < -0.3 is 9.64 Å². The summed E-state index contributed by atoms with van der Waals surface area (Å²) in [5.41, 5.74) is 3.86. The highest BCUT2D eigenvalue weighted by molar-refractivity contribution is 5.98. The van der Waals surface area contributed by atoms with Crippen LogP contribution < -0.4 is 4.74 Å². The number of nitrogens with zero attached hydrogens (tertiary/aromatic N) is 2. The average Bonchev–Trinajstić information content (AvgIpc) is 2.70. The molecular formula is C22H17F3N2O2. The number of aromatic nitrogens is 1. The van der Waals surface area contributed by atoms with Gasteiger partial charge in [0.15, 0.2) is 0 Å². The molecule has 4 nitrogen and oxygen atoms in total. The summed E-state index contributed by atoms with van der Waals surface area (Å²) >= 11 is 0. The van der Waals surface area contributed by atoms with Crippen LogP contribution in [0.2, 0.25) is 0 Å². The van der Waals surface area contributed by atoms with Gasteiger partial charge in [-0.25, -0.2) is 0 Å². The smallest absolute Gasteiger partial charge is 0.406 e. The van der Waals surface area contributed by atoms with Crippen LogP contribution in [0.25, 0.3) is 11.1 Å². The molecule has 0 unspecified atom stereocenters. The van der Waals surface area contributed by atoms with Gasteiger partial charge in [0.25, 0.3) is 5.91 Å². The minimum Gasteiger partial charge on any atom is -0.406 e. The van der Waals surface area contributed by atoms with Crippen molar-refractivity contribution in [1.29, 1.82) is 0 Å². The van der Waals surface area contributed by atoms with Crippen molar-refractivity contribution < 1.29 is 22.7 Å². The normalized spacial score (nSPS) is 13.9. The van der Waals surface area contributed by atoms with E-state index >= 15 is 0 Å². The number of pyridine rings is 1. The first-order valence-corrected chi connectivity index (χ1v) is 9.07. The molecule has 0 radical (unpaired) electrons. The number of ether oxygens (including phenoxy) is 1. The van der Waals surface area contributed by atoms with Crippen LogP contribution in [-0.4, -0.2) is 28.7 Å². The van der Waals surface area contributed by atoms with E-state index in [1.807, 2.05) is 30.3 Å². The molecule has 0 bridgehead atoms. The van der Waals surface area contributed by atoms with Gasteiger partial charge in [0.2, 0.25) is 0 Å². The van der Waals surface area contributed by atoms with Gasteiger partial charge in [0.05, 0.1) is 12.2 Å². The first kappa shape index (κ1) is 19.0. The third-order valence-corrected chi connectivity index (χ3v) is 4.78. The Balaban J connectivity index is 1.56. The van der Waals surface area contributed by atoms with Gasteiger partial charge in [-0.1, -0.05) is 30.3 Å². The fourth-order valence-corrected chi connectivity index (χ4v) is 3.39. The molecule has 148 valence electrons. The van der Waals surface area contributed by atoms with Gasteiger partial charge in [0.1, 0.15) is 5.75 Å². The Labute approximate surface area is 165 Å². The van der Waals surface area contributed by atoms with Crippen LogP contribution in [0.4, 0.5) is 13.2 Å². The number of carbonyl (C=O) groups is 1. The van der Waals surface area contributed by atoms with E-state index in [4.69, 9.17) is 0 Å². The van der Waals surface area contributed by atoms with Crippen molar-refractivity contribution in [2.45, 2.75) is 19.3 Å². The Hall–Kier alpha value is -3.35. The van der Waals surface area contributed by atoms with Crippen molar-refractivity contribution in [3.8, 4) is 16.9 Å². The molecule has 0 N–H and O–H groups in total. The van der Waals surface area contributed by atoms with Gasteiger partial charge in [-0.15, -0.1) is 13.2 Å².